The van der Waals surface area contributed by atoms with Gasteiger partial charge < -0.3 is 5.32 Å². The summed E-state index contributed by atoms with van der Waals surface area (Å²) in [6, 6.07) is 16.3. The molecule has 4 rings (SSSR count). The van der Waals surface area contributed by atoms with E-state index in [0.29, 0.717) is 5.13 Å². The predicted octanol–water partition coefficient (Wildman–Crippen LogP) is 3.71. The van der Waals surface area contributed by atoms with Crippen LogP contribution in [0.4, 0.5) is 5.13 Å². The zero-order valence-corrected chi connectivity index (χ0v) is 16.1. The number of benzene rings is 2. The Bertz CT molecular complexity index is 1090. The lowest BCUT2D eigenvalue weighted by atomic mass is 9.94. The number of nitrogens with zero attached hydrogens (tertiary/aromatic N) is 1. The molecule has 0 fully saturated rings. The van der Waals surface area contributed by atoms with Crippen LogP contribution in [0.5, 0.6) is 0 Å². The number of carbonyl (C=O) groups is 1. The van der Waals surface area contributed by atoms with Crippen LogP contribution in [0.15, 0.2) is 59.5 Å². The maximum atomic E-state index is 12.3. The van der Waals surface area contributed by atoms with E-state index < -0.39 is 9.84 Å². The molecular formula is C20H18N2O3S2. The van der Waals surface area contributed by atoms with Crippen LogP contribution < -0.4 is 5.32 Å². The van der Waals surface area contributed by atoms with Crippen molar-refractivity contribution in [3.05, 3.63) is 65.0 Å². The number of rotatable bonds is 5. The summed E-state index contributed by atoms with van der Waals surface area (Å²) < 4.78 is 24.6. The molecule has 1 aliphatic carbocycles. The van der Waals surface area contributed by atoms with Gasteiger partial charge in [0.15, 0.2) is 15.0 Å². The van der Waals surface area contributed by atoms with Crippen LogP contribution in [0.1, 0.15) is 16.9 Å². The standard InChI is InChI=1S/C20H18N2O3S2/c23-18(12-13-27(24,25)15-7-2-1-3-8-15)21-20-22-19-16-9-5-4-6-14(16)10-11-17(19)26-20/h1-9H,10-13H2,(H,21,22,23). The van der Waals surface area contributed by atoms with Crippen LogP contribution in [-0.4, -0.2) is 25.1 Å². The summed E-state index contributed by atoms with van der Waals surface area (Å²) in [5.41, 5.74) is 3.30. The molecule has 1 amide bonds. The van der Waals surface area contributed by atoms with Gasteiger partial charge in [0.05, 0.1) is 16.3 Å². The van der Waals surface area contributed by atoms with E-state index in [1.807, 2.05) is 18.2 Å². The fourth-order valence-electron chi connectivity index (χ4n) is 3.16. The van der Waals surface area contributed by atoms with Gasteiger partial charge in [0.2, 0.25) is 5.91 Å². The highest BCUT2D eigenvalue weighted by molar-refractivity contribution is 7.91. The third-order valence-corrected chi connectivity index (χ3v) is 7.30. The molecule has 5 nitrogen and oxygen atoms in total. The highest BCUT2D eigenvalue weighted by Gasteiger charge is 2.22. The number of sulfone groups is 1. The van der Waals surface area contributed by atoms with Crippen molar-refractivity contribution in [2.45, 2.75) is 24.2 Å². The van der Waals surface area contributed by atoms with E-state index >= 15 is 0 Å². The van der Waals surface area contributed by atoms with Gasteiger partial charge in [0.25, 0.3) is 0 Å². The SMILES string of the molecule is O=C(CCS(=O)(=O)c1ccccc1)Nc1nc2c(s1)CCc1ccccc1-2. The minimum absolute atomic E-state index is 0.0991. The third-order valence-electron chi connectivity index (χ3n) is 4.54. The Kier molecular flexibility index (Phi) is 4.80. The maximum Gasteiger partial charge on any atom is 0.227 e. The molecule has 1 heterocycles. The highest BCUT2D eigenvalue weighted by atomic mass is 32.2. The van der Waals surface area contributed by atoms with E-state index in [9.17, 15) is 13.2 Å². The number of nitrogens with one attached hydrogen (secondary N) is 1. The molecule has 1 aromatic heterocycles. The van der Waals surface area contributed by atoms with Crippen LogP contribution in [0.3, 0.4) is 0 Å². The van der Waals surface area contributed by atoms with Crippen LogP contribution in [0, 0.1) is 0 Å². The molecule has 2 aromatic carbocycles. The second-order valence-electron chi connectivity index (χ2n) is 6.38. The van der Waals surface area contributed by atoms with Crippen molar-refractivity contribution in [2.75, 3.05) is 11.1 Å². The molecule has 3 aromatic rings. The molecule has 0 unspecified atom stereocenters. The first kappa shape index (κ1) is 17.9. The normalized spacial score (nSPS) is 12.9. The van der Waals surface area contributed by atoms with Gasteiger partial charge >= 0.3 is 0 Å². The zero-order chi connectivity index (χ0) is 18.9. The van der Waals surface area contributed by atoms with E-state index in [2.05, 4.69) is 16.4 Å². The molecule has 0 saturated carbocycles. The van der Waals surface area contributed by atoms with Crippen LogP contribution in [0.25, 0.3) is 11.3 Å². The van der Waals surface area contributed by atoms with Crippen molar-refractivity contribution in [1.82, 2.24) is 4.98 Å². The van der Waals surface area contributed by atoms with Crippen molar-refractivity contribution in [2.24, 2.45) is 0 Å². The molecule has 138 valence electrons. The number of thiazole rings is 1. The molecule has 0 aliphatic heterocycles. The molecule has 7 heteroatoms. The van der Waals surface area contributed by atoms with E-state index in [1.54, 1.807) is 30.3 Å². The molecule has 0 bridgehead atoms. The molecule has 1 N–H and O–H groups in total. The van der Waals surface area contributed by atoms with Crippen LogP contribution in [-0.2, 0) is 27.5 Å². The van der Waals surface area contributed by atoms with Gasteiger partial charge in [-0.2, -0.15) is 0 Å². The number of aryl methyl sites for hydroxylation is 2. The second-order valence-corrected chi connectivity index (χ2v) is 9.57. The van der Waals surface area contributed by atoms with E-state index in [4.69, 9.17) is 0 Å². The lowest BCUT2D eigenvalue weighted by molar-refractivity contribution is -0.115. The van der Waals surface area contributed by atoms with Gasteiger partial charge in [-0.1, -0.05) is 42.5 Å². The summed E-state index contributed by atoms with van der Waals surface area (Å²) in [7, 11) is -3.47. The quantitative estimate of drug-likeness (QED) is 0.711. The molecule has 0 radical (unpaired) electrons. The van der Waals surface area contributed by atoms with Gasteiger partial charge in [-0.05, 0) is 30.5 Å². The summed E-state index contributed by atoms with van der Waals surface area (Å²) in [6.45, 7) is 0. The fourth-order valence-corrected chi connectivity index (χ4v) is 5.41. The zero-order valence-electron chi connectivity index (χ0n) is 14.5. The Balaban J connectivity index is 1.44. The van der Waals surface area contributed by atoms with Gasteiger partial charge in [0.1, 0.15) is 0 Å². The Morgan fingerprint density at radius 3 is 2.59 bits per heavy atom. The molecular weight excluding hydrogens is 380 g/mol. The molecule has 27 heavy (non-hydrogen) atoms. The van der Waals surface area contributed by atoms with Gasteiger partial charge in [0, 0.05) is 16.9 Å². The number of hydrogen-bond acceptors (Lipinski definition) is 5. The molecule has 1 aliphatic rings. The van der Waals surface area contributed by atoms with E-state index in [1.165, 1.54) is 16.9 Å². The number of amides is 1. The number of hydrogen-bond donors (Lipinski definition) is 1. The van der Waals surface area contributed by atoms with Crippen LogP contribution in [0.2, 0.25) is 0 Å². The Hall–Kier alpha value is -2.51. The monoisotopic (exact) mass is 398 g/mol. The first-order valence-electron chi connectivity index (χ1n) is 8.68. The van der Waals surface area contributed by atoms with Crippen molar-refractivity contribution in [3.8, 4) is 11.3 Å². The largest absolute Gasteiger partial charge is 0.302 e. The predicted molar refractivity (Wildman–Crippen MR) is 107 cm³/mol. The number of fused-ring (bicyclic) bond motifs is 3. The minimum atomic E-state index is -3.47. The topological polar surface area (TPSA) is 76.1 Å². The second kappa shape index (κ2) is 7.25. The third kappa shape index (κ3) is 3.79. The lowest BCUT2D eigenvalue weighted by Crippen LogP contribution is -2.17. The first-order valence-corrected chi connectivity index (χ1v) is 11.2. The van der Waals surface area contributed by atoms with E-state index in [-0.39, 0.29) is 23.0 Å². The fraction of sp³-hybridized carbons (Fsp3) is 0.200. The average molecular weight is 399 g/mol. The average Bonchev–Trinajstić information content (AvgIpc) is 3.10. The van der Waals surface area contributed by atoms with Gasteiger partial charge in [-0.25, -0.2) is 13.4 Å². The molecule has 0 atom stereocenters. The van der Waals surface area contributed by atoms with Crippen molar-refractivity contribution in [3.63, 3.8) is 0 Å². The number of aromatic nitrogens is 1. The van der Waals surface area contributed by atoms with Crippen molar-refractivity contribution < 1.29 is 13.2 Å². The van der Waals surface area contributed by atoms with Gasteiger partial charge in [-0.15, -0.1) is 11.3 Å². The lowest BCUT2D eigenvalue weighted by Gasteiger charge is -2.13. The first-order chi connectivity index (χ1) is 13.0. The highest BCUT2D eigenvalue weighted by Crippen LogP contribution is 2.37. The van der Waals surface area contributed by atoms with Crippen molar-refractivity contribution in [1.29, 1.82) is 0 Å². The number of anilines is 1. The van der Waals surface area contributed by atoms with Crippen molar-refractivity contribution >= 4 is 32.2 Å². The Morgan fingerprint density at radius 2 is 1.78 bits per heavy atom. The summed E-state index contributed by atoms with van der Waals surface area (Å²) in [6.07, 6.45) is 1.77. The van der Waals surface area contributed by atoms with Crippen LogP contribution >= 0.6 is 11.3 Å². The van der Waals surface area contributed by atoms with Gasteiger partial charge in [-0.3, -0.25) is 4.79 Å². The summed E-state index contributed by atoms with van der Waals surface area (Å²) in [4.78, 5) is 18.2. The minimum Gasteiger partial charge on any atom is -0.302 e. The Labute approximate surface area is 162 Å². The summed E-state index contributed by atoms with van der Waals surface area (Å²) in [5, 5.41) is 3.28. The van der Waals surface area contributed by atoms with E-state index in [0.717, 1.165) is 29.0 Å². The number of carbonyl (C=O) groups excluding carboxylic acids is 1. The summed E-state index contributed by atoms with van der Waals surface area (Å²) in [5.74, 6) is -0.564. The maximum absolute atomic E-state index is 12.3. The smallest absolute Gasteiger partial charge is 0.227 e. The summed E-state index contributed by atoms with van der Waals surface area (Å²) >= 11 is 1.46. The molecule has 0 saturated heterocycles. The Morgan fingerprint density at radius 1 is 1.04 bits per heavy atom. The molecule has 0 spiro atoms.